The van der Waals surface area contributed by atoms with Crippen LogP contribution in [-0.2, 0) is 4.74 Å². The van der Waals surface area contributed by atoms with E-state index in [1.54, 1.807) is 30.0 Å². The Bertz CT molecular complexity index is 1440. The van der Waals surface area contributed by atoms with Crippen LogP contribution in [0.3, 0.4) is 0 Å². The molecule has 2 N–H and O–H groups in total. The Kier molecular flexibility index (Phi) is 7.76. The lowest BCUT2D eigenvalue weighted by Gasteiger charge is -2.34. The van der Waals surface area contributed by atoms with Crippen molar-refractivity contribution >= 4 is 29.4 Å². The van der Waals surface area contributed by atoms with Crippen LogP contribution in [0.15, 0.2) is 30.3 Å². The molecule has 5 rings (SSSR count). The lowest BCUT2D eigenvalue weighted by Crippen LogP contribution is -2.44. The first-order valence-corrected chi connectivity index (χ1v) is 13.8. The lowest BCUT2D eigenvalue weighted by molar-refractivity contribution is 0.0541. The number of carbonyl (C=O) groups is 2. The zero-order valence-corrected chi connectivity index (χ0v) is 24.3. The Hall–Kier alpha value is -4.32. The fraction of sp³-hybridized carbons (Fsp3) is 0.448. The van der Waals surface area contributed by atoms with Crippen LogP contribution in [0, 0.1) is 13.8 Å². The standard InChI is InChI=1S/C29H36N8O4/c1-7-36-16-29(5,6)41-25-23(26(36)38)24(34-27(35-25)37-12-13-40-15-18(37)3)20-8-10-21(11-9-20)32-28(39)33-22-14-17(2)30-19(4)31-22/h8-11,14,18H,7,12-13,15-16H2,1-6H3,(H2,30,31,32,33,39). The Morgan fingerprint density at radius 3 is 2.54 bits per heavy atom. The van der Waals surface area contributed by atoms with Gasteiger partial charge in [0.1, 0.15) is 22.8 Å². The van der Waals surface area contributed by atoms with E-state index in [2.05, 4.69) is 32.4 Å². The van der Waals surface area contributed by atoms with Crippen LogP contribution < -0.4 is 20.3 Å². The zero-order chi connectivity index (χ0) is 29.3. The molecular formula is C29H36N8O4. The summed E-state index contributed by atoms with van der Waals surface area (Å²) in [6.07, 6.45) is 0. The summed E-state index contributed by atoms with van der Waals surface area (Å²) in [7, 11) is 0. The number of hydrogen-bond acceptors (Lipinski definition) is 9. The number of morpholine rings is 1. The normalized spacial score (nSPS) is 18.3. The van der Waals surface area contributed by atoms with Crippen LogP contribution in [0.4, 0.5) is 22.2 Å². The van der Waals surface area contributed by atoms with Gasteiger partial charge in [-0.05, 0) is 53.7 Å². The highest BCUT2D eigenvalue weighted by atomic mass is 16.5. The highest BCUT2D eigenvalue weighted by molar-refractivity contribution is 6.03. The Labute approximate surface area is 239 Å². The summed E-state index contributed by atoms with van der Waals surface area (Å²) in [6, 6.07) is 8.50. The van der Waals surface area contributed by atoms with Crippen molar-refractivity contribution in [3.05, 3.63) is 47.4 Å². The minimum Gasteiger partial charge on any atom is -0.469 e. The van der Waals surface area contributed by atoms with Crippen LogP contribution in [0.1, 0.15) is 49.6 Å². The maximum Gasteiger partial charge on any atom is 0.324 e. The summed E-state index contributed by atoms with van der Waals surface area (Å²) in [5, 5.41) is 5.55. The van der Waals surface area contributed by atoms with Gasteiger partial charge in [-0.2, -0.15) is 4.98 Å². The number of anilines is 3. The van der Waals surface area contributed by atoms with Crippen molar-refractivity contribution in [2.45, 2.75) is 53.2 Å². The molecule has 12 nitrogen and oxygen atoms in total. The molecule has 1 fully saturated rings. The second-order valence-corrected chi connectivity index (χ2v) is 10.9. The van der Waals surface area contributed by atoms with E-state index in [-0.39, 0.29) is 17.8 Å². The Morgan fingerprint density at radius 2 is 1.85 bits per heavy atom. The Balaban J connectivity index is 1.49. The summed E-state index contributed by atoms with van der Waals surface area (Å²) in [4.78, 5) is 48.4. The largest absolute Gasteiger partial charge is 0.469 e. The summed E-state index contributed by atoms with van der Waals surface area (Å²) >= 11 is 0. The topological polar surface area (TPSA) is 135 Å². The van der Waals surface area contributed by atoms with Crippen molar-refractivity contribution in [1.29, 1.82) is 0 Å². The minimum atomic E-state index is -0.641. The first-order valence-electron chi connectivity index (χ1n) is 13.8. The zero-order valence-electron chi connectivity index (χ0n) is 24.3. The number of nitrogens with one attached hydrogen (secondary N) is 2. The van der Waals surface area contributed by atoms with E-state index < -0.39 is 11.6 Å². The van der Waals surface area contributed by atoms with Gasteiger partial charge in [-0.1, -0.05) is 12.1 Å². The van der Waals surface area contributed by atoms with Gasteiger partial charge in [0, 0.05) is 36.1 Å². The molecule has 12 heteroatoms. The third-order valence-electron chi connectivity index (χ3n) is 6.94. The van der Waals surface area contributed by atoms with Crippen LogP contribution in [0.2, 0.25) is 0 Å². The van der Waals surface area contributed by atoms with Gasteiger partial charge in [0.15, 0.2) is 0 Å². The third kappa shape index (κ3) is 6.22. The highest BCUT2D eigenvalue weighted by Gasteiger charge is 2.38. The quantitative estimate of drug-likeness (QED) is 0.474. The van der Waals surface area contributed by atoms with E-state index in [1.807, 2.05) is 39.8 Å². The van der Waals surface area contributed by atoms with Gasteiger partial charge in [0.2, 0.25) is 11.8 Å². The van der Waals surface area contributed by atoms with E-state index in [0.29, 0.717) is 72.9 Å². The smallest absolute Gasteiger partial charge is 0.324 e. The molecule has 2 aliphatic rings. The van der Waals surface area contributed by atoms with Gasteiger partial charge in [0.05, 0.1) is 31.5 Å². The number of aryl methyl sites for hydroxylation is 2. The number of fused-ring (bicyclic) bond motifs is 1. The summed E-state index contributed by atoms with van der Waals surface area (Å²) in [5.41, 5.74) is 2.19. The van der Waals surface area contributed by atoms with Crippen molar-refractivity contribution < 1.29 is 19.1 Å². The SMILES string of the molecule is CCN1CC(C)(C)Oc2nc(N3CCOCC3C)nc(-c3ccc(NC(=O)Nc4cc(C)nc(C)n4)cc3)c2C1=O. The van der Waals surface area contributed by atoms with Gasteiger partial charge in [-0.3, -0.25) is 10.1 Å². The van der Waals surface area contributed by atoms with Gasteiger partial charge >= 0.3 is 6.03 Å². The summed E-state index contributed by atoms with van der Waals surface area (Å²) in [5.74, 6) is 1.57. The van der Waals surface area contributed by atoms with Crippen LogP contribution in [-0.4, -0.2) is 81.3 Å². The fourth-order valence-corrected chi connectivity index (χ4v) is 5.07. The highest BCUT2D eigenvalue weighted by Crippen LogP contribution is 2.36. The number of carbonyl (C=O) groups excluding carboxylic acids is 2. The van der Waals surface area contributed by atoms with Crippen molar-refractivity contribution in [3.63, 3.8) is 0 Å². The Morgan fingerprint density at radius 1 is 1.10 bits per heavy atom. The number of urea groups is 1. The summed E-state index contributed by atoms with van der Waals surface area (Å²) in [6.45, 7) is 14.2. The number of likely N-dealkylation sites (N-methyl/N-ethyl adjacent to an activating group) is 1. The van der Waals surface area contributed by atoms with Crippen molar-refractivity contribution in [2.75, 3.05) is 48.4 Å². The second-order valence-electron chi connectivity index (χ2n) is 10.9. The maximum absolute atomic E-state index is 13.8. The van der Waals surface area contributed by atoms with Crippen molar-refractivity contribution in [2.24, 2.45) is 0 Å². The average molecular weight is 561 g/mol. The first kappa shape index (κ1) is 28.2. The number of benzene rings is 1. The minimum absolute atomic E-state index is 0.0591. The summed E-state index contributed by atoms with van der Waals surface area (Å²) < 4.78 is 12.0. The molecule has 1 atom stereocenters. The third-order valence-corrected chi connectivity index (χ3v) is 6.94. The molecular weight excluding hydrogens is 524 g/mol. The molecule has 1 aromatic carbocycles. The van der Waals surface area contributed by atoms with Gasteiger partial charge in [-0.25, -0.2) is 19.7 Å². The van der Waals surface area contributed by atoms with Crippen molar-refractivity contribution in [3.8, 4) is 17.1 Å². The van der Waals surface area contributed by atoms with Crippen LogP contribution >= 0.6 is 0 Å². The maximum atomic E-state index is 13.8. The first-order chi connectivity index (χ1) is 19.5. The molecule has 41 heavy (non-hydrogen) atoms. The molecule has 0 radical (unpaired) electrons. The van der Waals surface area contributed by atoms with E-state index in [9.17, 15) is 9.59 Å². The molecule has 216 valence electrons. The molecule has 0 saturated carbocycles. The number of amides is 3. The second kappa shape index (κ2) is 11.3. The van der Waals surface area contributed by atoms with Crippen LogP contribution in [0.5, 0.6) is 5.88 Å². The fourth-order valence-electron chi connectivity index (χ4n) is 5.07. The van der Waals surface area contributed by atoms with E-state index in [1.165, 1.54) is 0 Å². The van der Waals surface area contributed by atoms with Gasteiger partial charge in [-0.15, -0.1) is 0 Å². The molecule has 3 aromatic rings. The molecule has 0 aliphatic carbocycles. The van der Waals surface area contributed by atoms with Crippen molar-refractivity contribution in [1.82, 2.24) is 24.8 Å². The number of rotatable bonds is 5. The van der Waals surface area contributed by atoms with Crippen LogP contribution in [0.25, 0.3) is 11.3 Å². The number of nitrogens with zero attached hydrogens (tertiary/aromatic N) is 6. The van der Waals surface area contributed by atoms with E-state index >= 15 is 0 Å². The van der Waals surface area contributed by atoms with Gasteiger partial charge < -0.3 is 24.6 Å². The molecule has 1 unspecified atom stereocenters. The predicted molar refractivity (Wildman–Crippen MR) is 156 cm³/mol. The van der Waals surface area contributed by atoms with Gasteiger partial charge in [0.25, 0.3) is 5.91 Å². The molecule has 0 bridgehead atoms. The average Bonchev–Trinajstić information content (AvgIpc) is 3.00. The predicted octanol–water partition coefficient (Wildman–Crippen LogP) is 4.05. The monoisotopic (exact) mass is 560 g/mol. The van der Waals surface area contributed by atoms with E-state index in [0.717, 1.165) is 5.69 Å². The number of ether oxygens (including phenoxy) is 2. The molecule has 0 spiro atoms. The lowest BCUT2D eigenvalue weighted by atomic mass is 10.0. The molecule has 2 aromatic heterocycles. The number of hydrogen-bond donors (Lipinski definition) is 2. The molecule has 2 aliphatic heterocycles. The van der Waals surface area contributed by atoms with E-state index in [4.69, 9.17) is 19.4 Å². The molecule has 3 amide bonds. The molecule has 1 saturated heterocycles. The molecule has 4 heterocycles. The number of aromatic nitrogens is 4.